The van der Waals surface area contributed by atoms with Crippen molar-refractivity contribution in [2.45, 2.75) is 33.8 Å². The zero-order chi connectivity index (χ0) is 9.46. The molecule has 71 valence electrons. The molecule has 1 fully saturated rings. The maximum Gasteiger partial charge on any atom is 0.0599 e. The molecule has 6 unspecified atom stereocenters. The van der Waals surface area contributed by atoms with Gasteiger partial charge in [0.05, 0.1) is 6.10 Å². The van der Waals surface area contributed by atoms with Crippen LogP contribution in [0.1, 0.15) is 27.7 Å². The third-order valence-electron chi connectivity index (χ3n) is 4.14. The number of aliphatic hydroxyl groups excluding tert-OH is 1. The van der Waals surface area contributed by atoms with Gasteiger partial charge in [0.15, 0.2) is 0 Å². The summed E-state index contributed by atoms with van der Waals surface area (Å²) in [6.07, 6.45) is -0.203. The Balaban J connectivity index is 2.76. The van der Waals surface area contributed by atoms with Gasteiger partial charge in [-0.3, -0.25) is 0 Å². The van der Waals surface area contributed by atoms with Crippen LogP contribution in [0.3, 0.4) is 0 Å². The summed E-state index contributed by atoms with van der Waals surface area (Å²) in [6, 6.07) is 0. The van der Waals surface area contributed by atoms with E-state index in [4.69, 9.17) is 0 Å². The summed E-state index contributed by atoms with van der Waals surface area (Å²) in [5.74, 6) is 2.47. The number of rotatable bonds is 0. The molecule has 0 aromatic rings. The highest BCUT2D eigenvalue weighted by atomic mass is 16.3. The van der Waals surface area contributed by atoms with Gasteiger partial charge in [-0.1, -0.05) is 27.7 Å². The third-order valence-corrected chi connectivity index (χ3v) is 4.14. The molecule has 1 N–H and O–H groups in total. The van der Waals surface area contributed by atoms with Gasteiger partial charge in [0, 0.05) is 0 Å². The summed E-state index contributed by atoms with van der Waals surface area (Å²) in [5.41, 5.74) is 0. The van der Waals surface area contributed by atoms with Crippen LogP contribution >= 0.6 is 0 Å². The van der Waals surface area contributed by atoms with Gasteiger partial charge in [0.2, 0.25) is 0 Å². The Morgan fingerprint density at radius 1 is 0.833 bits per heavy atom. The van der Waals surface area contributed by atoms with E-state index in [-0.39, 0.29) is 12.0 Å². The molecule has 0 spiro atoms. The lowest BCUT2D eigenvalue weighted by Gasteiger charge is -2.44. The summed E-state index contributed by atoms with van der Waals surface area (Å²) >= 11 is 0. The van der Waals surface area contributed by atoms with E-state index in [1.54, 1.807) is 0 Å². The third kappa shape index (κ3) is 1.39. The van der Waals surface area contributed by atoms with E-state index in [1.807, 2.05) is 0 Å². The van der Waals surface area contributed by atoms with E-state index in [0.717, 1.165) is 0 Å². The molecule has 1 aliphatic carbocycles. The molecule has 1 saturated carbocycles. The fourth-order valence-corrected chi connectivity index (χ4v) is 2.36. The van der Waals surface area contributed by atoms with Crippen LogP contribution in [0.25, 0.3) is 0 Å². The molecule has 6 atom stereocenters. The van der Waals surface area contributed by atoms with Crippen molar-refractivity contribution < 1.29 is 5.11 Å². The zero-order valence-electron chi connectivity index (χ0n) is 8.62. The van der Waals surface area contributed by atoms with Crippen LogP contribution in [-0.4, -0.2) is 11.2 Å². The van der Waals surface area contributed by atoms with Crippen molar-refractivity contribution >= 4 is 0 Å². The van der Waals surface area contributed by atoms with Crippen molar-refractivity contribution in [3.63, 3.8) is 0 Å². The molecule has 1 radical (unpaired) electrons. The van der Waals surface area contributed by atoms with Crippen molar-refractivity contribution in [1.82, 2.24) is 0 Å². The quantitative estimate of drug-likeness (QED) is 0.590. The Labute approximate surface area is 76.2 Å². The second kappa shape index (κ2) is 3.37. The fraction of sp³-hybridized carbons (Fsp3) is 0.909. The molecule has 0 saturated heterocycles. The molecule has 1 aliphatic rings. The number of hydrogen-bond acceptors (Lipinski definition) is 1. The fourth-order valence-electron chi connectivity index (χ4n) is 2.36. The molecule has 0 aromatic carbocycles. The molecule has 0 aromatic heterocycles. The summed E-state index contributed by atoms with van der Waals surface area (Å²) in [4.78, 5) is 0. The molecular weight excluding hydrogens is 148 g/mol. The first-order valence-corrected chi connectivity index (χ1v) is 4.98. The molecule has 12 heavy (non-hydrogen) atoms. The Hall–Kier alpha value is -0.0400. The molecule has 0 heterocycles. The van der Waals surface area contributed by atoms with Crippen LogP contribution in [0.4, 0.5) is 0 Å². The second-order valence-corrected chi connectivity index (χ2v) is 4.59. The van der Waals surface area contributed by atoms with Crippen molar-refractivity contribution in [1.29, 1.82) is 0 Å². The van der Waals surface area contributed by atoms with E-state index in [9.17, 15) is 5.11 Å². The molecule has 1 heteroatoms. The summed E-state index contributed by atoms with van der Waals surface area (Å²) in [5, 5.41) is 9.84. The first-order valence-electron chi connectivity index (χ1n) is 4.98. The van der Waals surface area contributed by atoms with Crippen molar-refractivity contribution in [3.8, 4) is 0 Å². The minimum Gasteiger partial charge on any atom is -0.393 e. The summed E-state index contributed by atoms with van der Waals surface area (Å²) < 4.78 is 0. The maximum atomic E-state index is 9.84. The molecule has 1 rings (SSSR count). The van der Waals surface area contributed by atoms with Gasteiger partial charge < -0.3 is 5.11 Å². The lowest BCUT2D eigenvalue weighted by atomic mass is 9.63. The normalized spacial score (nSPS) is 55.5. The minimum atomic E-state index is -0.203. The summed E-state index contributed by atoms with van der Waals surface area (Å²) in [7, 11) is 0. The van der Waals surface area contributed by atoms with Crippen LogP contribution in [0.5, 0.6) is 0 Å². The number of aliphatic hydroxyl groups is 1. The summed E-state index contributed by atoms with van der Waals surface area (Å²) in [6.45, 7) is 12.9. The Kier molecular flexibility index (Phi) is 2.82. The minimum absolute atomic E-state index is 0.203. The predicted molar refractivity (Wildman–Crippen MR) is 51.5 cm³/mol. The standard InChI is InChI=1S/C11H21O/c1-6-7(2)9(4)11(12)10(5)8(6)3/h6-12H,4H2,1-3,5H3. The van der Waals surface area contributed by atoms with Gasteiger partial charge in [-0.05, 0) is 36.5 Å². The van der Waals surface area contributed by atoms with E-state index < -0.39 is 0 Å². The predicted octanol–water partition coefficient (Wildman–Crippen LogP) is 2.36. The average Bonchev–Trinajstić information content (AvgIpc) is 2.08. The Morgan fingerprint density at radius 3 is 1.75 bits per heavy atom. The van der Waals surface area contributed by atoms with Crippen LogP contribution in [0.15, 0.2) is 0 Å². The van der Waals surface area contributed by atoms with Crippen molar-refractivity contribution in [2.24, 2.45) is 29.6 Å². The molecule has 0 bridgehead atoms. The van der Waals surface area contributed by atoms with Crippen LogP contribution in [-0.2, 0) is 0 Å². The van der Waals surface area contributed by atoms with Gasteiger partial charge in [0.1, 0.15) is 0 Å². The van der Waals surface area contributed by atoms with Gasteiger partial charge in [-0.15, -0.1) is 0 Å². The van der Waals surface area contributed by atoms with E-state index in [2.05, 4.69) is 34.6 Å². The molecule has 0 aliphatic heterocycles. The Bertz CT molecular complexity index is 96.6. The molecule has 1 nitrogen and oxygen atoms in total. The first kappa shape index (κ1) is 10.0. The zero-order valence-corrected chi connectivity index (χ0v) is 8.62. The van der Waals surface area contributed by atoms with Gasteiger partial charge in [-0.25, -0.2) is 0 Å². The maximum absolute atomic E-state index is 9.84. The Morgan fingerprint density at radius 2 is 1.25 bits per heavy atom. The van der Waals surface area contributed by atoms with Gasteiger partial charge in [0.25, 0.3) is 0 Å². The number of hydrogen-bond donors (Lipinski definition) is 1. The highest BCUT2D eigenvalue weighted by Crippen LogP contribution is 2.41. The van der Waals surface area contributed by atoms with E-state index in [1.165, 1.54) is 0 Å². The SMILES string of the molecule is [CH2]C1C(C)C(C)C(C)C(C)C1O. The highest BCUT2D eigenvalue weighted by Gasteiger charge is 2.39. The smallest absolute Gasteiger partial charge is 0.0599 e. The van der Waals surface area contributed by atoms with Crippen LogP contribution < -0.4 is 0 Å². The van der Waals surface area contributed by atoms with E-state index >= 15 is 0 Å². The van der Waals surface area contributed by atoms with Crippen molar-refractivity contribution in [3.05, 3.63) is 6.92 Å². The largest absolute Gasteiger partial charge is 0.393 e. The topological polar surface area (TPSA) is 20.2 Å². The van der Waals surface area contributed by atoms with Crippen molar-refractivity contribution in [2.75, 3.05) is 0 Å². The second-order valence-electron chi connectivity index (χ2n) is 4.59. The monoisotopic (exact) mass is 169 g/mol. The molecular formula is C11H21O. The highest BCUT2D eigenvalue weighted by molar-refractivity contribution is 4.91. The average molecular weight is 169 g/mol. The lowest BCUT2D eigenvalue weighted by Crippen LogP contribution is -2.44. The van der Waals surface area contributed by atoms with E-state index in [0.29, 0.717) is 23.7 Å². The van der Waals surface area contributed by atoms with Crippen LogP contribution in [0.2, 0.25) is 0 Å². The lowest BCUT2D eigenvalue weighted by molar-refractivity contribution is -0.0414. The first-order chi connectivity index (χ1) is 5.46. The van der Waals surface area contributed by atoms with Gasteiger partial charge in [-0.2, -0.15) is 0 Å². The van der Waals surface area contributed by atoms with Crippen LogP contribution in [0, 0.1) is 36.5 Å². The molecule has 0 amide bonds. The van der Waals surface area contributed by atoms with Gasteiger partial charge >= 0.3 is 0 Å².